The molecule has 11 heteroatoms. The van der Waals surface area contributed by atoms with Crippen LogP contribution in [0, 0.1) is 6.92 Å². The number of hydrogen-bond acceptors (Lipinski definition) is 5. The van der Waals surface area contributed by atoms with Gasteiger partial charge >= 0.3 is 6.18 Å². The minimum atomic E-state index is -4.40. The minimum absolute atomic E-state index is 0.102. The number of hydrogen-bond donors (Lipinski definition) is 1. The molecule has 158 valence electrons. The quantitative estimate of drug-likeness (QED) is 0.759. The van der Waals surface area contributed by atoms with Gasteiger partial charge in [-0.15, -0.1) is 0 Å². The molecule has 1 N–H and O–H groups in total. The van der Waals surface area contributed by atoms with E-state index in [9.17, 15) is 18.0 Å². The lowest BCUT2D eigenvalue weighted by atomic mass is 10.2. The van der Waals surface area contributed by atoms with Gasteiger partial charge in [-0.05, 0) is 25.5 Å². The zero-order chi connectivity index (χ0) is 21.6. The van der Waals surface area contributed by atoms with Gasteiger partial charge in [0.1, 0.15) is 5.82 Å². The highest BCUT2D eigenvalue weighted by Gasteiger charge is 2.31. The summed E-state index contributed by atoms with van der Waals surface area (Å²) < 4.78 is 40.4. The van der Waals surface area contributed by atoms with Crippen molar-refractivity contribution in [2.45, 2.75) is 19.5 Å². The molecule has 8 nitrogen and oxygen atoms in total. The summed E-state index contributed by atoms with van der Waals surface area (Å²) in [6.45, 7) is 3.52. The number of alkyl halides is 3. The number of aromatic nitrogens is 3. The fourth-order valence-corrected chi connectivity index (χ4v) is 3.00. The molecule has 1 aliphatic heterocycles. The summed E-state index contributed by atoms with van der Waals surface area (Å²) in [6, 6.07) is 2.02. The number of pyridine rings is 1. The number of aryl methyl sites for hydroxylation is 1. The molecule has 0 bridgehead atoms. The molecule has 1 aliphatic rings. The fourth-order valence-electron chi connectivity index (χ4n) is 3.00. The molecule has 3 rings (SSSR count). The number of anilines is 1. The highest BCUT2D eigenvalue weighted by atomic mass is 19.4. The molecule has 0 spiro atoms. The standard InChI is InChI=1S/C17H20F3N5O.CH2O2/c1-12-14(11-22-23(12)2)16(26)25-7-3-6-24(8-9-25)15-10-13(4-5-21-15)17(18,19)20;2-1-3/h4-5,10-11H,3,6-9H2,1-2H3;1H,(H,2,3). The molecule has 29 heavy (non-hydrogen) atoms. The van der Waals surface area contributed by atoms with Gasteiger partial charge in [-0.2, -0.15) is 18.3 Å². The molecular weight excluding hydrogens is 391 g/mol. The molecule has 0 saturated carbocycles. The SMILES string of the molecule is Cc1c(C(=O)N2CCCN(c3cc(C(F)(F)F)ccn3)CC2)cnn1C.O=CO. The molecule has 1 saturated heterocycles. The summed E-state index contributed by atoms with van der Waals surface area (Å²) in [5, 5.41) is 11.0. The highest BCUT2D eigenvalue weighted by molar-refractivity contribution is 5.95. The van der Waals surface area contributed by atoms with Crippen molar-refractivity contribution in [3.63, 3.8) is 0 Å². The van der Waals surface area contributed by atoms with Gasteiger partial charge in [-0.3, -0.25) is 14.3 Å². The van der Waals surface area contributed by atoms with Gasteiger partial charge in [-0.25, -0.2) is 4.98 Å². The number of nitrogens with zero attached hydrogens (tertiary/aromatic N) is 5. The Kier molecular flexibility index (Phi) is 7.18. The zero-order valence-electron chi connectivity index (χ0n) is 16.1. The molecule has 0 radical (unpaired) electrons. The van der Waals surface area contributed by atoms with Gasteiger partial charge in [0.25, 0.3) is 12.4 Å². The van der Waals surface area contributed by atoms with E-state index in [2.05, 4.69) is 10.1 Å². The van der Waals surface area contributed by atoms with Gasteiger partial charge < -0.3 is 14.9 Å². The van der Waals surface area contributed by atoms with Crippen LogP contribution in [-0.2, 0) is 18.0 Å². The third kappa shape index (κ3) is 5.46. The number of carbonyl (C=O) groups excluding carboxylic acids is 1. The third-order valence-electron chi connectivity index (χ3n) is 4.65. The van der Waals surface area contributed by atoms with E-state index in [0.717, 1.165) is 17.8 Å². The summed E-state index contributed by atoms with van der Waals surface area (Å²) in [4.78, 5) is 28.6. The summed E-state index contributed by atoms with van der Waals surface area (Å²) >= 11 is 0. The second-order valence-electron chi connectivity index (χ2n) is 6.41. The number of halogens is 3. The van der Waals surface area contributed by atoms with Crippen molar-refractivity contribution >= 4 is 18.2 Å². The van der Waals surface area contributed by atoms with E-state index >= 15 is 0 Å². The number of carboxylic acid groups (broad SMARTS) is 1. The van der Waals surface area contributed by atoms with Crippen molar-refractivity contribution in [1.82, 2.24) is 19.7 Å². The van der Waals surface area contributed by atoms with Crippen LogP contribution in [0.2, 0.25) is 0 Å². The average Bonchev–Trinajstić information content (AvgIpc) is 2.87. The first kappa shape index (κ1) is 22.2. The van der Waals surface area contributed by atoms with Crippen molar-refractivity contribution in [3.05, 3.63) is 41.3 Å². The van der Waals surface area contributed by atoms with Crippen LogP contribution >= 0.6 is 0 Å². The lowest BCUT2D eigenvalue weighted by molar-refractivity contribution is -0.137. The van der Waals surface area contributed by atoms with E-state index in [4.69, 9.17) is 9.90 Å². The normalized spacial score (nSPS) is 14.7. The van der Waals surface area contributed by atoms with Gasteiger partial charge in [-0.1, -0.05) is 0 Å². The van der Waals surface area contributed by atoms with Crippen LogP contribution in [0.3, 0.4) is 0 Å². The largest absolute Gasteiger partial charge is 0.483 e. The predicted octanol–water partition coefficient (Wildman–Crippen LogP) is 2.20. The summed E-state index contributed by atoms with van der Waals surface area (Å²) in [5.74, 6) is 0.182. The Bertz CT molecular complexity index is 854. The summed E-state index contributed by atoms with van der Waals surface area (Å²) in [6.07, 6.45) is -1.02. The Morgan fingerprint density at radius 1 is 1.24 bits per heavy atom. The molecule has 3 heterocycles. The van der Waals surface area contributed by atoms with Crippen LogP contribution in [0.25, 0.3) is 0 Å². The van der Waals surface area contributed by atoms with Crippen molar-refractivity contribution in [2.24, 2.45) is 7.05 Å². The van der Waals surface area contributed by atoms with Crippen molar-refractivity contribution in [1.29, 1.82) is 0 Å². The lowest BCUT2D eigenvalue weighted by Gasteiger charge is -2.23. The van der Waals surface area contributed by atoms with Gasteiger partial charge in [0.15, 0.2) is 0 Å². The van der Waals surface area contributed by atoms with E-state index < -0.39 is 11.7 Å². The first-order chi connectivity index (χ1) is 13.7. The van der Waals surface area contributed by atoms with Crippen LogP contribution in [0.15, 0.2) is 24.5 Å². The van der Waals surface area contributed by atoms with Gasteiger partial charge in [0, 0.05) is 45.1 Å². The second kappa shape index (κ2) is 9.39. The Labute approximate surface area is 165 Å². The monoisotopic (exact) mass is 413 g/mol. The Morgan fingerprint density at radius 2 is 1.93 bits per heavy atom. The van der Waals surface area contributed by atoms with E-state index in [1.54, 1.807) is 27.7 Å². The van der Waals surface area contributed by atoms with E-state index in [0.29, 0.717) is 38.2 Å². The van der Waals surface area contributed by atoms with Crippen LogP contribution in [0.5, 0.6) is 0 Å². The van der Waals surface area contributed by atoms with Crippen molar-refractivity contribution in [3.8, 4) is 0 Å². The van der Waals surface area contributed by atoms with Crippen LogP contribution in [-0.4, -0.2) is 63.3 Å². The molecule has 1 fully saturated rings. The third-order valence-corrected chi connectivity index (χ3v) is 4.65. The summed E-state index contributed by atoms with van der Waals surface area (Å²) in [5.41, 5.74) is 0.624. The van der Waals surface area contributed by atoms with Gasteiger partial charge in [0.2, 0.25) is 0 Å². The minimum Gasteiger partial charge on any atom is -0.483 e. The molecule has 2 aromatic rings. The second-order valence-corrected chi connectivity index (χ2v) is 6.41. The number of amides is 1. The molecule has 2 aromatic heterocycles. The van der Waals surface area contributed by atoms with E-state index in [1.807, 2.05) is 6.92 Å². The maximum Gasteiger partial charge on any atom is 0.416 e. The zero-order valence-corrected chi connectivity index (χ0v) is 16.1. The Morgan fingerprint density at radius 3 is 2.52 bits per heavy atom. The topological polar surface area (TPSA) is 91.6 Å². The van der Waals surface area contributed by atoms with Crippen LogP contribution < -0.4 is 4.90 Å². The fraction of sp³-hybridized carbons (Fsp3) is 0.444. The van der Waals surface area contributed by atoms with Crippen LogP contribution in [0.1, 0.15) is 28.0 Å². The lowest BCUT2D eigenvalue weighted by Crippen LogP contribution is -2.35. The maximum atomic E-state index is 12.9. The average molecular weight is 413 g/mol. The number of carbonyl (C=O) groups is 2. The van der Waals surface area contributed by atoms with E-state index in [-0.39, 0.29) is 18.2 Å². The number of rotatable bonds is 2. The molecule has 1 amide bonds. The van der Waals surface area contributed by atoms with Gasteiger partial charge in [0.05, 0.1) is 17.3 Å². The Hall–Kier alpha value is -3.11. The maximum absolute atomic E-state index is 12.9. The first-order valence-electron chi connectivity index (χ1n) is 8.83. The van der Waals surface area contributed by atoms with Crippen LogP contribution in [0.4, 0.5) is 19.0 Å². The van der Waals surface area contributed by atoms with Crippen molar-refractivity contribution in [2.75, 3.05) is 31.1 Å². The smallest absolute Gasteiger partial charge is 0.416 e. The molecule has 0 aliphatic carbocycles. The Balaban J connectivity index is 0.000000941. The van der Waals surface area contributed by atoms with Crippen molar-refractivity contribution < 1.29 is 27.9 Å². The molecular formula is C18H22F3N5O3. The summed E-state index contributed by atoms with van der Waals surface area (Å²) in [7, 11) is 1.77. The first-order valence-corrected chi connectivity index (χ1v) is 8.83. The molecule has 0 unspecified atom stereocenters. The van der Waals surface area contributed by atoms with E-state index in [1.165, 1.54) is 6.20 Å². The highest BCUT2D eigenvalue weighted by Crippen LogP contribution is 2.31. The molecule has 0 atom stereocenters. The molecule has 0 aromatic carbocycles. The predicted molar refractivity (Wildman–Crippen MR) is 98.6 cm³/mol.